The molecule has 6 heteroatoms. The molecule has 0 saturated heterocycles. The van der Waals surface area contributed by atoms with E-state index in [9.17, 15) is 14.4 Å². The number of benzene rings is 2. The van der Waals surface area contributed by atoms with E-state index in [1.54, 1.807) is 0 Å². The summed E-state index contributed by atoms with van der Waals surface area (Å²) in [5.41, 5.74) is 2.04. The van der Waals surface area contributed by atoms with Crippen LogP contribution in [-0.4, -0.2) is 15.0 Å². The van der Waals surface area contributed by atoms with Crippen LogP contribution in [0, 0.1) is 6.92 Å². The van der Waals surface area contributed by atoms with Crippen molar-refractivity contribution >= 4 is 5.91 Å². The standard InChI is InChI=1S/C21H21N3O3/c1-16-7-9-17(10-8-16)13-22-19(25)15-24-20(26)11-12-23(21(24)27)14-18-5-3-2-4-6-18/h2-12H,13-15H2,1H3,(H,22,25). The summed E-state index contributed by atoms with van der Waals surface area (Å²) in [5.74, 6) is -0.382. The number of aromatic nitrogens is 2. The van der Waals surface area contributed by atoms with E-state index < -0.39 is 11.2 Å². The lowest BCUT2D eigenvalue weighted by atomic mass is 10.1. The fourth-order valence-electron chi connectivity index (χ4n) is 2.71. The van der Waals surface area contributed by atoms with Gasteiger partial charge in [-0.2, -0.15) is 0 Å². The maximum atomic E-state index is 12.6. The Morgan fingerprint density at radius 2 is 1.63 bits per heavy atom. The number of carbonyl (C=O) groups excluding carboxylic acids is 1. The molecule has 0 radical (unpaired) electrons. The van der Waals surface area contributed by atoms with Crippen LogP contribution >= 0.6 is 0 Å². The number of rotatable bonds is 6. The summed E-state index contributed by atoms with van der Waals surface area (Å²) in [6.45, 7) is 2.37. The summed E-state index contributed by atoms with van der Waals surface area (Å²) >= 11 is 0. The average molecular weight is 363 g/mol. The smallest absolute Gasteiger partial charge is 0.331 e. The summed E-state index contributed by atoms with van der Waals surface area (Å²) in [6, 6.07) is 18.5. The molecule has 3 rings (SSSR count). The Hall–Kier alpha value is -3.41. The van der Waals surface area contributed by atoms with Gasteiger partial charge in [-0.25, -0.2) is 4.79 Å². The van der Waals surface area contributed by atoms with Gasteiger partial charge >= 0.3 is 5.69 Å². The maximum absolute atomic E-state index is 12.6. The predicted octanol–water partition coefficient (Wildman–Crippen LogP) is 1.68. The Kier molecular flexibility index (Phi) is 5.66. The minimum atomic E-state index is -0.503. The van der Waals surface area contributed by atoms with Crippen LogP contribution in [0.25, 0.3) is 0 Å². The van der Waals surface area contributed by atoms with Crippen molar-refractivity contribution in [2.75, 3.05) is 0 Å². The fraction of sp³-hybridized carbons (Fsp3) is 0.190. The number of nitrogens with zero attached hydrogens (tertiary/aromatic N) is 2. The molecule has 138 valence electrons. The zero-order valence-corrected chi connectivity index (χ0v) is 15.1. The van der Waals surface area contributed by atoms with Crippen molar-refractivity contribution in [2.24, 2.45) is 0 Å². The van der Waals surface area contributed by atoms with Crippen LogP contribution in [0.3, 0.4) is 0 Å². The van der Waals surface area contributed by atoms with Crippen LogP contribution in [0.1, 0.15) is 16.7 Å². The van der Waals surface area contributed by atoms with E-state index in [1.807, 2.05) is 61.5 Å². The molecule has 1 heterocycles. The van der Waals surface area contributed by atoms with Gasteiger partial charge < -0.3 is 5.32 Å². The van der Waals surface area contributed by atoms with Crippen LogP contribution in [0.15, 0.2) is 76.4 Å². The van der Waals surface area contributed by atoms with Gasteiger partial charge in [0.1, 0.15) is 6.54 Å². The van der Waals surface area contributed by atoms with Gasteiger partial charge in [0.15, 0.2) is 0 Å². The summed E-state index contributed by atoms with van der Waals surface area (Å²) in [5, 5.41) is 2.74. The van der Waals surface area contributed by atoms with E-state index >= 15 is 0 Å². The van der Waals surface area contributed by atoms with Crippen molar-refractivity contribution in [3.05, 3.63) is 104 Å². The number of carbonyl (C=O) groups is 1. The zero-order chi connectivity index (χ0) is 19.2. The van der Waals surface area contributed by atoms with Gasteiger partial charge in [0.2, 0.25) is 5.91 Å². The van der Waals surface area contributed by atoms with Crippen LogP contribution in [0.5, 0.6) is 0 Å². The van der Waals surface area contributed by atoms with Crippen molar-refractivity contribution in [1.29, 1.82) is 0 Å². The molecular formula is C21H21N3O3. The van der Waals surface area contributed by atoms with E-state index in [2.05, 4.69) is 5.32 Å². The van der Waals surface area contributed by atoms with E-state index in [4.69, 9.17) is 0 Å². The molecule has 0 fully saturated rings. The van der Waals surface area contributed by atoms with E-state index in [0.29, 0.717) is 13.1 Å². The maximum Gasteiger partial charge on any atom is 0.331 e. The van der Waals surface area contributed by atoms with E-state index in [0.717, 1.165) is 21.3 Å². The van der Waals surface area contributed by atoms with Crippen molar-refractivity contribution in [3.8, 4) is 0 Å². The number of aryl methyl sites for hydroxylation is 1. The molecule has 0 aliphatic rings. The molecule has 3 aromatic rings. The number of nitrogens with one attached hydrogen (secondary N) is 1. The van der Waals surface area contributed by atoms with Crippen LogP contribution in [0.4, 0.5) is 0 Å². The molecule has 27 heavy (non-hydrogen) atoms. The lowest BCUT2D eigenvalue weighted by Crippen LogP contribution is -2.43. The van der Waals surface area contributed by atoms with Gasteiger partial charge in [-0.15, -0.1) is 0 Å². The third-order valence-corrected chi connectivity index (χ3v) is 4.25. The molecule has 0 aliphatic carbocycles. The molecule has 6 nitrogen and oxygen atoms in total. The normalized spacial score (nSPS) is 10.6. The van der Waals surface area contributed by atoms with Gasteiger partial charge in [-0.3, -0.25) is 18.7 Å². The highest BCUT2D eigenvalue weighted by atomic mass is 16.2. The third-order valence-electron chi connectivity index (χ3n) is 4.25. The van der Waals surface area contributed by atoms with Crippen LogP contribution < -0.4 is 16.6 Å². The van der Waals surface area contributed by atoms with Crippen molar-refractivity contribution in [1.82, 2.24) is 14.5 Å². The number of amides is 1. The molecule has 0 unspecified atom stereocenters. The average Bonchev–Trinajstić information content (AvgIpc) is 2.68. The van der Waals surface area contributed by atoms with Crippen LogP contribution in [-0.2, 0) is 24.4 Å². The monoisotopic (exact) mass is 363 g/mol. The summed E-state index contributed by atoms with van der Waals surface area (Å²) < 4.78 is 2.37. The summed E-state index contributed by atoms with van der Waals surface area (Å²) in [6.07, 6.45) is 1.46. The van der Waals surface area contributed by atoms with E-state index in [-0.39, 0.29) is 12.5 Å². The molecule has 0 saturated carbocycles. The second kappa shape index (κ2) is 8.31. The van der Waals surface area contributed by atoms with Gasteiger partial charge in [0.25, 0.3) is 5.56 Å². The molecule has 0 atom stereocenters. The fourth-order valence-corrected chi connectivity index (χ4v) is 2.71. The highest BCUT2D eigenvalue weighted by molar-refractivity contribution is 5.75. The Morgan fingerprint density at radius 3 is 2.33 bits per heavy atom. The lowest BCUT2D eigenvalue weighted by molar-refractivity contribution is -0.121. The second-order valence-corrected chi connectivity index (χ2v) is 6.40. The quantitative estimate of drug-likeness (QED) is 0.724. The molecule has 1 aromatic heterocycles. The number of hydrogen-bond donors (Lipinski definition) is 1. The number of hydrogen-bond acceptors (Lipinski definition) is 3. The first-order valence-electron chi connectivity index (χ1n) is 8.69. The van der Waals surface area contributed by atoms with Gasteiger partial charge in [0, 0.05) is 18.8 Å². The van der Waals surface area contributed by atoms with Gasteiger partial charge in [-0.05, 0) is 18.1 Å². The zero-order valence-electron chi connectivity index (χ0n) is 15.1. The van der Waals surface area contributed by atoms with Crippen molar-refractivity contribution < 1.29 is 4.79 Å². The second-order valence-electron chi connectivity index (χ2n) is 6.40. The highest BCUT2D eigenvalue weighted by Crippen LogP contribution is 2.02. The highest BCUT2D eigenvalue weighted by Gasteiger charge is 2.10. The van der Waals surface area contributed by atoms with Crippen molar-refractivity contribution in [3.63, 3.8) is 0 Å². The Balaban J connectivity index is 1.71. The van der Waals surface area contributed by atoms with Crippen molar-refractivity contribution in [2.45, 2.75) is 26.6 Å². The third kappa shape index (κ3) is 4.82. The first-order valence-corrected chi connectivity index (χ1v) is 8.69. The molecule has 2 aromatic carbocycles. The predicted molar refractivity (Wildman–Crippen MR) is 104 cm³/mol. The first kappa shape index (κ1) is 18.4. The molecular weight excluding hydrogens is 342 g/mol. The topological polar surface area (TPSA) is 73.1 Å². The minimum Gasteiger partial charge on any atom is -0.350 e. The Bertz CT molecular complexity index is 1030. The largest absolute Gasteiger partial charge is 0.350 e. The summed E-state index contributed by atoms with van der Waals surface area (Å²) in [4.78, 5) is 36.9. The molecule has 1 N–H and O–H groups in total. The van der Waals surface area contributed by atoms with Gasteiger partial charge in [0.05, 0.1) is 6.54 Å². The molecule has 1 amide bonds. The lowest BCUT2D eigenvalue weighted by Gasteiger charge is -2.10. The van der Waals surface area contributed by atoms with E-state index in [1.165, 1.54) is 16.8 Å². The van der Waals surface area contributed by atoms with Gasteiger partial charge in [-0.1, -0.05) is 60.2 Å². The Labute approximate surface area is 156 Å². The molecule has 0 bridgehead atoms. The minimum absolute atomic E-state index is 0.306. The SMILES string of the molecule is Cc1ccc(CNC(=O)Cn2c(=O)ccn(Cc3ccccc3)c2=O)cc1. The molecule has 0 spiro atoms. The summed E-state index contributed by atoms with van der Waals surface area (Å²) in [7, 11) is 0. The first-order chi connectivity index (χ1) is 13.0. The van der Waals surface area contributed by atoms with Crippen LogP contribution in [0.2, 0.25) is 0 Å². The Morgan fingerprint density at radius 1 is 0.926 bits per heavy atom. The molecule has 0 aliphatic heterocycles.